The van der Waals surface area contributed by atoms with E-state index in [0.717, 1.165) is 16.9 Å². The molecule has 0 heterocycles. The third-order valence-corrected chi connectivity index (χ3v) is 6.35. The van der Waals surface area contributed by atoms with Gasteiger partial charge in [-0.1, -0.05) is 78.9 Å². The third-order valence-electron chi connectivity index (χ3n) is 6.35. The van der Waals surface area contributed by atoms with Crippen LogP contribution in [0.4, 0.5) is 0 Å². The fourth-order valence-corrected chi connectivity index (χ4v) is 4.21. The van der Waals surface area contributed by atoms with Gasteiger partial charge in [-0.25, -0.2) is 4.79 Å². The number of esters is 1. The molecule has 0 saturated carbocycles. The van der Waals surface area contributed by atoms with Crippen molar-refractivity contribution in [2.24, 2.45) is 0 Å². The van der Waals surface area contributed by atoms with Crippen molar-refractivity contribution in [2.45, 2.75) is 24.9 Å². The Morgan fingerprint density at radius 3 is 1.68 bits per heavy atom. The molecule has 2 N–H and O–H groups in total. The van der Waals surface area contributed by atoms with E-state index in [1.165, 1.54) is 0 Å². The molecule has 4 aromatic carbocycles. The maximum Gasteiger partial charge on any atom is 0.329 e. The van der Waals surface area contributed by atoms with Gasteiger partial charge in [0.05, 0.1) is 13.2 Å². The van der Waals surface area contributed by atoms with Crippen molar-refractivity contribution in [2.75, 3.05) is 13.7 Å². The molecule has 7 nitrogen and oxygen atoms in total. The number of ether oxygens (including phenoxy) is 2. The van der Waals surface area contributed by atoms with E-state index in [9.17, 15) is 14.4 Å². The first-order valence-corrected chi connectivity index (χ1v) is 13.1. The van der Waals surface area contributed by atoms with Crippen LogP contribution in [-0.4, -0.2) is 43.6 Å². The molecule has 0 saturated heterocycles. The van der Waals surface area contributed by atoms with Crippen molar-refractivity contribution in [3.63, 3.8) is 0 Å². The smallest absolute Gasteiger partial charge is 0.329 e. The summed E-state index contributed by atoms with van der Waals surface area (Å²) in [5.41, 5.74) is 2.77. The van der Waals surface area contributed by atoms with Crippen LogP contribution in [0.3, 0.4) is 0 Å². The fraction of sp³-hybridized carbons (Fsp3) is 0.182. The summed E-state index contributed by atoms with van der Waals surface area (Å²) in [6.45, 7) is -0.0735. The summed E-state index contributed by atoms with van der Waals surface area (Å²) in [6, 6.07) is 33.1. The molecule has 4 aromatic rings. The molecule has 0 unspecified atom stereocenters. The lowest BCUT2D eigenvalue weighted by Gasteiger charge is -2.22. The predicted molar refractivity (Wildman–Crippen MR) is 153 cm³/mol. The number of methoxy groups -OCH3 is 1. The summed E-state index contributed by atoms with van der Waals surface area (Å²) in [4.78, 5) is 39.2. The van der Waals surface area contributed by atoms with E-state index in [1.54, 1.807) is 55.6 Å². The lowest BCUT2D eigenvalue weighted by molar-refractivity contribution is -0.146. The Kier molecular flexibility index (Phi) is 10.0. The van der Waals surface area contributed by atoms with Gasteiger partial charge in [0.1, 0.15) is 18.4 Å². The first kappa shape index (κ1) is 28.1. The molecule has 0 spiro atoms. The molecule has 0 aromatic heterocycles. The van der Waals surface area contributed by atoms with E-state index in [2.05, 4.69) is 10.6 Å². The molecule has 0 bridgehead atoms. The Hall–Kier alpha value is -4.91. The fourth-order valence-electron chi connectivity index (χ4n) is 4.21. The van der Waals surface area contributed by atoms with E-state index >= 15 is 0 Å². The maximum absolute atomic E-state index is 13.3. The second-order valence-corrected chi connectivity index (χ2v) is 9.30. The van der Waals surface area contributed by atoms with Crippen molar-refractivity contribution in [3.8, 4) is 5.75 Å². The van der Waals surface area contributed by atoms with Crippen LogP contribution in [0, 0.1) is 0 Å². The molecule has 204 valence electrons. The highest BCUT2D eigenvalue weighted by Gasteiger charge is 2.25. The van der Waals surface area contributed by atoms with Crippen molar-refractivity contribution in [1.82, 2.24) is 10.6 Å². The SMILES string of the molecule is COc1ccc(C[C@@H](COC(=O)[C@H](Cc2ccccc2)NC(=O)c2ccccc2)NC(=O)c2ccccc2)cc1. The lowest BCUT2D eigenvalue weighted by atomic mass is 10.0. The zero-order chi connectivity index (χ0) is 28.2. The number of nitrogens with one attached hydrogen (secondary N) is 2. The van der Waals surface area contributed by atoms with Gasteiger partial charge in [0.2, 0.25) is 0 Å². The standard InChI is InChI=1S/C33H32N2O5/c1-39-29-19-17-25(18-20-29)21-28(34-31(36)26-13-7-3-8-14-26)23-40-33(38)30(22-24-11-5-2-6-12-24)35-32(37)27-15-9-4-10-16-27/h2-20,28,30H,21-23H2,1H3,(H,34,36)(H,35,37)/t28-,30-/m0/s1. The van der Waals surface area contributed by atoms with Gasteiger partial charge in [0.25, 0.3) is 11.8 Å². The summed E-state index contributed by atoms with van der Waals surface area (Å²) in [5, 5.41) is 5.81. The van der Waals surface area contributed by atoms with Crippen LogP contribution in [0.1, 0.15) is 31.8 Å². The average Bonchev–Trinajstić information content (AvgIpc) is 3.01. The quantitative estimate of drug-likeness (QED) is 0.258. The summed E-state index contributed by atoms with van der Waals surface area (Å²) in [5.74, 6) is -0.501. The molecule has 40 heavy (non-hydrogen) atoms. The molecule has 0 aliphatic carbocycles. The Bertz CT molecular complexity index is 1380. The van der Waals surface area contributed by atoms with Crippen LogP contribution < -0.4 is 15.4 Å². The second-order valence-electron chi connectivity index (χ2n) is 9.30. The number of hydrogen-bond donors (Lipinski definition) is 2. The molecule has 2 amide bonds. The topological polar surface area (TPSA) is 93.7 Å². The largest absolute Gasteiger partial charge is 0.497 e. The van der Waals surface area contributed by atoms with Crippen LogP contribution in [0.2, 0.25) is 0 Å². The Balaban J connectivity index is 1.48. The van der Waals surface area contributed by atoms with Crippen molar-refractivity contribution < 1.29 is 23.9 Å². The summed E-state index contributed by atoms with van der Waals surface area (Å²) in [6.07, 6.45) is 0.688. The third kappa shape index (κ3) is 8.30. The lowest BCUT2D eigenvalue weighted by Crippen LogP contribution is -2.46. The highest BCUT2D eigenvalue weighted by Crippen LogP contribution is 2.14. The van der Waals surface area contributed by atoms with E-state index in [1.807, 2.05) is 66.7 Å². The van der Waals surface area contributed by atoms with Gasteiger partial charge in [0.15, 0.2) is 0 Å². The second kappa shape index (κ2) is 14.3. The molecule has 0 aliphatic rings. The number of hydrogen-bond acceptors (Lipinski definition) is 5. The molecular formula is C33H32N2O5. The molecule has 0 aliphatic heterocycles. The molecule has 0 radical (unpaired) electrons. The normalized spacial score (nSPS) is 12.0. The van der Waals surface area contributed by atoms with Crippen LogP contribution in [0.5, 0.6) is 5.75 Å². The zero-order valence-corrected chi connectivity index (χ0v) is 22.3. The number of carbonyl (C=O) groups excluding carboxylic acids is 3. The number of rotatable bonds is 12. The summed E-state index contributed by atoms with van der Waals surface area (Å²) >= 11 is 0. The van der Waals surface area contributed by atoms with Gasteiger partial charge in [-0.2, -0.15) is 0 Å². The summed E-state index contributed by atoms with van der Waals surface area (Å²) < 4.78 is 11.0. The Morgan fingerprint density at radius 2 is 1.12 bits per heavy atom. The molecule has 0 fully saturated rings. The highest BCUT2D eigenvalue weighted by molar-refractivity contribution is 5.97. The highest BCUT2D eigenvalue weighted by atomic mass is 16.5. The minimum Gasteiger partial charge on any atom is -0.497 e. The molecule has 7 heteroatoms. The van der Waals surface area contributed by atoms with E-state index in [-0.39, 0.29) is 24.8 Å². The monoisotopic (exact) mass is 536 g/mol. The number of amides is 2. The van der Waals surface area contributed by atoms with Crippen LogP contribution in [0.25, 0.3) is 0 Å². The van der Waals surface area contributed by atoms with Crippen molar-refractivity contribution >= 4 is 17.8 Å². The Morgan fingerprint density at radius 1 is 0.625 bits per heavy atom. The number of benzene rings is 4. The average molecular weight is 537 g/mol. The maximum atomic E-state index is 13.3. The minimum atomic E-state index is -0.915. The van der Waals surface area contributed by atoms with Crippen molar-refractivity contribution in [3.05, 3.63) is 138 Å². The van der Waals surface area contributed by atoms with Gasteiger partial charge in [0, 0.05) is 17.5 Å². The molecule has 2 atom stereocenters. The first-order valence-electron chi connectivity index (χ1n) is 13.1. The van der Waals surface area contributed by atoms with Crippen LogP contribution >= 0.6 is 0 Å². The molecular weight excluding hydrogens is 504 g/mol. The van der Waals surface area contributed by atoms with E-state index in [4.69, 9.17) is 9.47 Å². The van der Waals surface area contributed by atoms with Crippen LogP contribution in [-0.2, 0) is 22.4 Å². The van der Waals surface area contributed by atoms with Crippen LogP contribution in [0.15, 0.2) is 115 Å². The summed E-state index contributed by atoms with van der Waals surface area (Å²) in [7, 11) is 1.60. The van der Waals surface area contributed by atoms with E-state index in [0.29, 0.717) is 17.5 Å². The van der Waals surface area contributed by atoms with Gasteiger partial charge < -0.3 is 20.1 Å². The van der Waals surface area contributed by atoms with Gasteiger partial charge in [-0.15, -0.1) is 0 Å². The van der Waals surface area contributed by atoms with Gasteiger partial charge in [-0.3, -0.25) is 9.59 Å². The van der Waals surface area contributed by atoms with Gasteiger partial charge >= 0.3 is 5.97 Å². The number of carbonyl (C=O) groups is 3. The predicted octanol–water partition coefficient (Wildman–Crippen LogP) is 4.62. The molecule has 4 rings (SSSR count). The van der Waals surface area contributed by atoms with Gasteiger partial charge in [-0.05, 0) is 53.9 Å². The first-order chi connectivity index (χ1) is 19.5. The zero-order valence-electron chi connectivity index (χ0n) is 22.3. The Labute approximate surface area is 234 Å². The van der Waals surface area contributed by atoms with E-state index < -0.39 is 18.1 Å². The van der Waals surface area contributed by atoms with Crippen molar-refractivity contribution in [1.29, 1.82) is 0 Å². The minimum absolute atomic E-state index is 0.0735.